The number of nitrogens with zero attached hydrogens (tertiary/aromatic N) is 4. The molecule has 3 aromatic rings. The molecule has 0 aliphatic rings. The van der Waals surface area contributed by atoms with E-state index >= 15 is 0 Å². The fourth-order valence-electron chi connectivity index (χ4n) is 2.28. The lowest BCUT2D eigenvalue weighted by atomic mass is 10.2. The normalized spacial score (nSPS) is 10.6. The van der Waals surface area contributed by atoms with Crippen LogP contribution in [0.1, 0.15) is 11.4 Å². The van der Waals surface area contributed by atoms with Gasteiger partial charge in [-0.2, -0.15) is 0 Å². The molecule has 0 radical (unpaired) electrons. The summed E-state index contributed by atoms with van der Waals surface area (Å²) < 4.78 is 7.67. The summed E-state index contributed by atoms with van der Waals surface area (Å²) in [4.78, 5) is 16.1. The number of allylic oxidation sites excluding steroid dienone is 1. The van der Waals surface area contributed by atoms with E-state index in [1.165, 1.54) is 23.1 Å². The van der Waals surface area contributed by atoms with Crippen LogP contribution in [0.3, 0.4) is 0 Å². The first kappa shape index (κ1) is 20.4. The van der Waals surface area contributed by atoms with Gasteiger partial charge in [0.1, 0.15) is 12.4 Å². The van der Waals surface area contributed by atoms with Crippen LogP contribution in [0.5, 0.6) is 5.75 Å². The van der Waals surface area contributed by atoms with Gasteiger partial charge in [-0.3, -0.25) is 9.36 Å². The van der Waals surface area contributed by atoms with Crippen molar-refractivity contribution in [1.29, 1.82) is 0 Å². The van der Waals surface area contributed by atoms with Gasteiger partial charge in [-0.25, -0.2) is 4.98 Å². The maximum atomic E-state index is 12.1. The van der Waals surface area contributed by atoms with E-state index in [4.69, 9.17) is 16.3 Å². The second kappa shape index (κ2) is 9.72. The van der Waals surface area contributed by atoms with Crippen LogP contribution in [0, 0.1) is 6.92 Å². The molecule has 0 aliphatic carbocycles. The van der Waals surface area contributed by atoms with Crippen molar-refractivity contribution in [2.45, 2.75) is 25.2 Å². The van der Waals surface area contributed by atoms with Crippen LogP contribution in [0.25, 0.3) is 0 Å². The molecule has 1 N–H and O–H groups in total. The number of ether oxygens (including phenoxy) is 1. The molecule has 0 bridgehead atoms. The number of thiazole rings is 1. The van der Waals surface area contributed by atoms with Crippen molar-refractivity contribution >= 4 is 45.7 Å². The minimum absolute atomic E-state index is 0.155. The largest absolute Gasteiger partial charge is 0.484 e. The zero-order valence-corrected chi connectivity index (χ0v) is 17.5. The van der Waals surface area contributed by atoms with Crippen molar-refractivity contribution in [3.63, 3.8) is 0 Å². The van der Waals surface area contributed by atoms with Crippen LogP contribution in [0.4, 0.5) is 5.13 Å². The summed E-state index contributed by atoms with van der Waals surface area (Å²) in [6.07, 6.45) is 3.38. The van der Waals surface area contributed by atoms with E-state index in [9.17, 15) is 4.79 Å². The standard InChI is InChI=1S/C18H18ClN5O2S2/c1-3-7-24-15(10-26-14-9-12(2)4-5-13(14)19)22-23-18(24)28-11-16(25)21-17-20-6-8-27-17/h3-6,8-9H,1,7,10-11H2,2H3,(H,20,21,25). The Labute approximate surface area is 175 Å². The quantitative estimate of drug-likeness (QED) is 0.401. The lowest BCUT2D eigenvalue weighted by molar-refractivity contribution is -0.113. The van der Waals surface area contributed by atoms with Crippen molar-refractivity contribution in [3.8, 4) is 5.75 Å². The van der Waals surface area contributed by atoms with Crippen LogP contribution < -0.4 is 10.1 Å². The van der Waals surface area contributed by atoms with E-state index in [1.807, 2.05) is 23.6 Å². The molecule has 0 atom stereocenters. The van der Waals surface area contributed by atoms with Gasteiger partial charge < -0.3 is 10.1 Å². The Kier molecular flexibility index (Phi) is 7.07. The minimum atomic E-state index is -0.155. The Hall–Kier alpha value is -2.36. The predicted octanol–water partition coefficient (Wildman–Crippen LogP) is 4.19. The third kappa shape index (κ3) is 5.34. The number of aromatic nitrogens is 4. The highest BCUT2D eigenvalue weighted by Gasteiger charge is 2.15. The molecule has 0 saturated heterocycles. The zero-order chi connectivity index (χ0) is 19.9. The lowest BCUT2D eigenvalue weighted by Gasteiger charge is -2.10. The molecule has 1 aromatic carbocycles. The van der Waals surface area contributed by atoms with Crippen LogP contribution in [-0.2, 0) is 17.9 Å². The Bertz CT molecular complexity index is 959. The second-order valence-electron chi connectivity index (χ2n) is 5.69. The summed E-state index contributed by atoms with van der Waals surface area (Å²) in [6.45, 7) is 6.45. The van der Waals surface area contributed by atoms with Gasteiger partial charge in [-0.15, -0.1) is 28.1 Å². The Morgan fingerprint density at radius 3 is 3.07 bits per heavy atom. The predicted molar refractivity (Wildman–Crippen MR) is 112 cm³/mol. The summed E-state index contributed by atoms with van der Waals surface area (Å²) >= 11 is 8.83. The fraction of sp³-hybridized carbons (Fsp3) is 0.222. The van der Waals surface area contributed by atoms with Gasteiger partial charge in [0.25, 0.3) is 0 Å². The molecule has 2 heterocycles. The number of anilines is 1. The van der Waals surface area contributed by atoms with Crippen LogP contribution in [-0.4, -0.2) is 31.4 Å². The van der Waals surface area contributed by atoms with Crippen molar-refractivity contribution in [3.05, 3.63) is 58.8 Å². The Balaban J connectivity index is 1.64. The monoisotopic (exact) mass is 435 g/mol. The van der Waals surface area contributed by atoms with E-state index < -0.39 is 0 Å². The molecule has 0 spiro atoms. The van der Waals surface area contributed by atoms with Gasteiger partial charge in [-0.05, 0) is 24.6 Å². The van der Waals surface area contributed by atoms with Gasteiger partial charge in [-0.1, -0.05) is 35.5 Å². The SMILES string of the molecule is C=CCn1c(COc2cc(C)ccc2Cl)nnc1SCC(=O)Nc1nccs1. The number of benzene rings is 1. The first-order valence-electron chi connectivity index (χ1n) is 8.31. The lowest BCUT2D eigenvalue weighted by Crippen LogP contribution is -2.14. The second-order valence-corrected chi connectivity index (χ2v) is 7.94. The Morgan fingerprint density at radius 2 is 2.32 bits per heavy atom. The Morgan fingerprint density at radius 1 is 1.46 bits per heavy atom. The third-order valence-corrected chi connectivity index (χ3v) is 5.53. The average molecular weight is 436 g/mol. The first-order chi connectivity index (χ1) is 13.6. The van der Waals surface area contributed by atoms with Gasteiger partial charge in [0, 0.05) is 18.1 Å². The summed E-state index contributed by atoms with van der Waals surface area (Å²) in [5.41, 5.74) is 1.05. The molecule has 3 rings (SSSR count). The van der Waals surface area contributed by atoms with Gasteiger partial charge >= 0.3 is 0 Å². The van der Waals surface area contributed by atoms with Crippen molar-refractivity contribution in [2.75, 3.05) is 11.1 Å². The van der Waals surface area contributed by atoms with E-state index in [1.54, 1.807) is 23.7 Å². The smallest absolute Gasteiger partial charge is 0.236 e. The van der Waals surface area contributed by atoms with E-state index in [0.29, 0.717) is 33.4 Å². The fourth-order valence-corrected chi connectivity index (χ4v) is 3.76. The number of thioether (sulfide) groups is 1. The van der Waals surface area contributed by atoms with E-state index in [-0.39, 0.29) is 18.3 Å². The van der Waals surface area contributed by atoms with Gasteiger partial charge in [0.05, 0.1) is 10.8 Å². The molecule has 28 heavy (non-hydrogen) atoms. The number of amides is 1. The molecule has 0 unspecified atom stereocenters. The molecule has 2 aromatic heterocycles. The van der Waals surface area contributed by atoms with E-state index in [2.05, 4.69) is 27.1 Å². The van der Waals surface area contributed by atoms with Gasteiger partial charge in [0.2, 0.25) is 5.91 Å². The molecule has 0 fully saturated rings. The number of carbonyl (C=O) groups is 1. The van der Waals surface area contributed by atoms with Crippen molar-refractivity contribution in [2.24, 2.45) is 0 Å². The first-order valence-corrected chi connectivity index (χ1v) is 10.5. The van der Waals surface area contributed by atoms with Crippen LogP contribution in [0.2, 0.25) is 5.02 Å². The topological polar surface area (TPSA) is 81.9 Å². The average Bonchev–Trinajstić information content (AvgIpc) is 3.31. The number of nitrogens with one attached hydrogen (secondary N) is 1. The van der Waals surface area contributed by atoms with E-state index in [0.717, 1.165) is 5.56 Å². The summed E-state index contributed by atoms with van der Waals surface area (Å²) in [7, 11) is 0. The number of halogens is 1. The molecule has 1 amide bonds. The molecule has 146 valence electrons. The minimum Gasteiger partial charge on any atom is -0.484 e. The van der Waals surface area contributed by atoms with Crippen molar-refractivity contribution in [1.82, 2.24) is 19.7 Å². The highest BCUT2D eigenvalue weighted by molar-refractivity contribution is 7.99. The molecular weight excluding hydrogens is 418 g/mol. The number of hydrogen-bond acceptors (Lipinski definition) is 7. The number of carbonyl (C=O) groups excluding carboxylic acids is 1. The molecule has 0 saturated carbocycles. The number of rotatable bonds is 9. The summed E-state index contributed by atoms with van der Waals surface area (Å²) in [5.74, 6) is 1.25. The maximum absolute atomic E-state index is 12.1. The van der Waals surface area contributed by atoms with Crippen LogP contribution >= 0.6 is 34.7 Å². The molecule has 0 aliphatic heterocycles. The zero-order valence-electron chi connectivity index (χ0n) is 15.1. The molecule has 10 heteroatoms. The van der Waals surface area contributed by atoms with Crippen molar-refractivity contribution < 1.29 is 9.53 Å². The highest BCUT2D eigenvalue weighted by atomic mass is 35.5. The van der Waals surface area contributed by atoms with Gasteiger partial charge in [0.15, 0.2) is 16.1 Å². The molecule has 7 nitrogen and oxygen atoms in total. The van der Waals surface area contributed by atoms with Crippen LogP contribution in [0.15, 0.2) is 47.6 Å². The highest BCUT2D eigenvalue weighted by Crippen LogP contribution is 2.26. The maximum Gasteiger partial charge on any atom is 0.236 e. The number of hydrogen-bond donors (Lipinski definition) is 1. The summed E-state index contributed by atoms with van der Waals surface area (Å²) in [6, 6.07) is 5.58. The number of aryl methyl sites for hydroxylation is 1. The third-order valence-electron chi connectivity index (χ3n) is 3.56. The molecular formula is C18H18ClN5O2S2. The summed E-state index contributed by atoms with van der Waals surface area (Å²) in [5, 5.41) is 14.6.